The molecule has 9 N–H and O–H groups in total. The zero-order valence-corrected chi connectivity index (χ0v) is 69.5. The molecular formula is C80H105Cl2N9O24S2. The number of nitrogens with one attached hydrogen (secondary N) is 3. The van der Waals surface area contributed by atoms with Gasteiger partial charge < -0.3 is 109 Å². The molecule has 0 radical (unpaired) electrons. The smallest absolute Gasteiger partial charge is 0.415 e. The molecule has 33 nitrogen and oxygen atoms in total. The van der Waals surface area contributed by atoms with Crippen molar-refractivity contribution >= 4 is 143 Å². The molecule has 5 aromatic rings. The quantitative estimate of drug-likeness (QED) is 0.00812. The first-order valence-electron chi connectivity index (χ1n) is 38.7. The summed E-state index contributed by atoms with van der Waals surface area (Å²) in [5.74, 6) is -4.04. The third kappa shape index (κ3) is 25.0. The fraction of sp³-hybridized carbons (Fsp3) is 0.550. The van der Waals surface area contributed by atoms with Crippen LogP contribution in [-0.2, 0) is 78.1 Å². The van der Waals surface area contributed by atoms with Gasteiger partial charge in [-0.05, 0) is 89.7 Å². The number of imide groups is 1. The van der Waals surface area contributed by atoms with E-state index in [-0.39, 0.29) is 181 Å². The van der Waals surface area contributed by atoms with E-state index in [0.717, 1.165) is 37.9 Å². The van der Waals surface area contributed by atoms with Crippen LogP contribution in [0.25, 0.3) is 20.2 Å². The minimum Gasteiger partial charge on any atom is -0.510 e. The highest BCUT2D eigenvalue weighted by molar-refractivity contribution is 7.18. The highest BCUT2D eigenvalue weighted by Crippen LogP contribution is 2.51. The van der Waals surface area contributed by atoms with Crippen LogP contribution in [0.3, 0.4) is 0 Å². The summed E-state index contributed by atoms with van der Waals surface area (Å²) in [6.45, 7) is 15.0. The van der Waals surface area contributed by atoms with E-state index in [1.54, 1.807) is 60.0 Å². The number of nitrogens with two attached hydrogens (primary N) is 1. The van der Waals surface area contributed by atoms with E-state index in [9.17, 15) is 68.4 Å². The molecule has 0 spiro atoms. The molecule has 0 saturated carbocycles. The number of carbonyl (C=O) groups is 10. The van der Waals surface area contributed by atoms with Crippen LogP contribution in [0.2, 0.25) is 0 Å². The van der Waals surface area contributed by atoms with E-state index in [0.29, 0.717) is 91.3 Å². The lowest BCUT2D eigenvalue weighted by molar-refractivity contribution is -0.268. The minimum absolute atomic E-state index is 0.0280. The lowest BCUT2D eigenvalue weighted by Crippen LogP contribution is -2.59. The van der Waals surface area contributed by atoms with Crippen LogP contribution in [0.15, 0.2) is 71.6 Å². The number of hydrogen-bond acceptors (Lipinski definition) is 26. The number of nitrogens with zero attached hydrogens (tertiary/aromatic N) is 5. The molecule has 9 atom stereocenters. The van der Waals surface area contributed by atoms with Crippen LogP contribution in [0, 0.1) is 25.7 Å². The topological polar surface area (TPSA) is 422 Å². The lowest BCUT2D eigenvalue weighted by atomic mass is 9.89. The number of amides is 10. The van der Waals surface area contributed by atoms with E-state index >= 15 is 0 Å². The fourth-order valence-corrected chi connectivity index (χ4v) is 16.4. The van der Waals surface area contributed by atoms with Crippen LogP contribution in [0.5, 0.6) is 11.5 Å². The first kappa shape index (κ1) is 92.2. The number of benzene rings is 3. The number of urea groups is 1. The number of alkyl halides is 2. The van der Waals surface area contributed by atoms with Crippen LogP contribution in [0.4, 0.5) is 31.4 Å². The first-order valence-corrected chi connectivity index (χ1v) is 41.6. The summed E-state index contributed by atoms with van der Waals surface area (Å²) < 4.78 is 58.0. The Morgan fingerprint density at radius 3 is 1.69 bits per heavy atom. The zero-order chi connectivity index (χ0) is 84.6. The van der Waals surface area contributed by atoms with Gasteiger partial charge in [0.1, 0.15) is 42.5 Å². The highest BCUT2D eigenvalue weighted by Gasteiger charge is 2.47. The number of rotatable bonds is 47. The normalized spacial score (nSPS) is 18.8. The molecule has 6 heterocycles. The lowest BCUT2D eigenvalue weighted by Gasteiger charge is -2.39. The number of carbonyl (C=O) groups excluding carboxylic acids is 10. The van der Waals surface area contributed by atoms with Gasteiger partial charge >= 0.3 is 18.2 Å². The maximum Gasteiger partial charge on any atom is 0.415 e. The Morgan fingerprint density at radius 1 is 0.675 bits per heavy atom. The Hall–Kier alpha value is -8.66. The van der Waals surface area contributed by atoms with Crippen molar-refractivity contribution in [2.75, 3.05) is 160 Å². The Morgan fingerprint density at radius 2 is 1.18 bits per heavy atom. The average Bonchev–Trinajstić information content (AvgIpc) is 1.59. The van der Waals surface area contributed by atoms with Gasteiger partial charge in [-0.15, -0.1) is 45.9 Å². The Labute approximate surface area is 695 Å². The van der Waals surface area contributed by atoms with Crippen molar-refractivity contribution in [2.24, 2.45) is 17.6 Å². The maximum atomic E-state index is 14.4. The summed E-state index contributed by atoms with van der Waals surface area (Å²) in [6, 6.07) is 8.19. The van der Waals surface area contributed by atoms with Gasteiger partial charge in [-0.25, -0.2) is 14.4 Å². The third-order valence-electron chi connectivity index (χ3n) is 20.2. The Balaban J connectivity index is 0.685. The van der Waals surface area contributed by atoms with E-state index < -0.39 is 78.5 Å². The van der Waals surface area contributed by atoms with Crippen molar-refractivity contribution in [3.63, 3.8) is 0 Å². The molecule has 0 bridgehead atoms. The summed E-state index contributed by atoms with van der Waals surface area (Å²) in [5.41, 5.74) is 10.7. The van der Waals surface area contributed by atoms with Gasteiger partial charge in [0.15, 0.2) is 11.5 Å². The second kappa shape index (κ2) is 44.9. The Kier molecular flexibility index (Phi) is 35.4. The number of aliphatic hydroxyl groups is 4. The van der Waals surface area contributed by atoms with Gasteiger partial charge in [0.05, 0.1) is 113 Å². The number of Topliss-reactive ketones (excluding diaryl/α,β-unsaturated/α-hetero) is 1. The second-order valence-electron chi connectivity index (χ2n) is 29.1. The molecule has 10 amide bonds. The fourth-order valence-electron chi connectivity index (χ4n) is 13.8. The molecule has 2 aromatic heterocycles. The number of aliphatic hydroxyl groups excluding tert-OH is 4. The molecule has 37 heteroatoms. The summed E-state index contributed by atoms with van der Waals surface area (Å²) in [7, 11) is 3.03. The van der Waals surface area contributed by atoms with Crippen molar-refractivity contribution < 1.29 is 116 Å². The summed E-state index contributed by atoms with van der Waals surface area (Å²) >= 11 is 16.0. The van der Waals surface area contributed by atoms with E-state index in [1.165, 1.54) is 58.7 Å². The van der Waals surface area contributed by atoms with Crippen molar-refractivity contribution in [1.29, 1.82) is 0 Å². The minimum atomic E-state index is -1.75. The molecule has 9 rings (SSSR count). The van der Waals surface area contributed by atoms with E-state index in [4.69, 9.17) is 76.3 Å². The molecule has 640 valence electrons. The van der Waals surface area contributed by atoms with Crippen molar-refractivity contribution in [1.82, 2.24) is 25.3 Å². The van der Waals surface area contributed by atoms with Crippen molar-refractivity contribution in [2.45, 2.75) is 128 Å². The highest BCUT2D eigenvalue weighted by atomic mass is 35.5. The number of aryl methyl sites for hydroxylation is 2. The number of thiophene rings is 2. The zero-order valence-electron chi connectivity index (χ0n) is 66.4. The number of ketones is 1. The average molecular weight is 1710 g/mol. The third-order valence-corrected chi connectivity index (χ3v) is 23.1. The summed E-state index contributed by atoms with van der Waals surface area (Å²) in [6.07, 6.45) is -6.81. The number of primary amides is 1. The number of likely N-dealkylation sites (N-methyl/N-ethyl adjacent to an activating group) is 2. The molecule has 4 aliphatic heterocycles. The van der Waals surface area contributed by atoms with Gasteiger partial charge in [-0.2, -0.15) is 0 Å². The largest absolute Gasteiger partial charge is 0.510 e. The molecule has 3 aromatic carbocycles. The maximum absolute atomic E-state index is 14.4. The number of anilines is 3. The molecule has 117 heavy (non-hydrogen) atoms. The number of fused-ring (bicyclic) bond motifs is 6. The summed E-state index contributed by atoms with van der Waals surface area (Å²) in [4.78, 5) is 138. The second-order valence-corrected chi connectivity index (χ2v) is 31.4. The van der Waals surface area contributed by atoms with E-state index in [2.05, 4.69) is 22.5 Å². The van der Waals surface area contributed by atoms with Crippen LogP contribution < -0.4 is 41.0 Å². The standard InChI is InChI=1S/C80H105Cl2N9O24S2/c1-46(2)69(86-60(94)19-24-106-26-28-108-30-32-110-34-35-111-33-31-109-29-27-107-25-23-89-63(97)17-18-64(89)98)57(93)36-51(10-9-20-84-78(83)103)76(102)85-54-15-13-50(14-16-54)43-112-79(104)87(6)21-22-88(7)80(105)114-59-38-56-68(66-48(4)45-117-75(59)66)53(40-82)42-91(56)62(96)12-8-11-61(95)90-41-52(39-81)67-55(90)37-58(74-65(67)47(3)44-116-74)113-77-72(101)70(99)71(100)73(115-77)49(5)92/h13-18,37-38,44-46,51-53,69-73,77,92,99-101H,5,8-12,19-36,39-43H2,1-4,6-7H3,(H,85,102)(H,86,94)(H3,83,84,103)/t51-,52-,53-,69+,70+,71+,72-,73-,77-/m1/s1. The Bertz CT molecular complexity index is 4320. The molecule has 0 aliphatic carbocycles. The van der Waals surface area contributed by atoms with Crippen LogP contribution in [0.1, 0.15) is 98.4 Å². The van der Waals surface area contributed by atoms with Gasteiger partial charge in [-0.3, -0.25) is 38.5 Å². The van der Waals surface area contributed by atoms with Crippen molar-refractivity contribution in [3.8, 4) is 11.5 Å². The molecule has 4 aliphatic rings. The van der Waals surface area contributed by atoms with Gasteiger partial charge in [0, 0.05) is 143 Å². The van der Waals surface area contributed by atoms with Crippen molar-refractivity contribution in [3.05, 3.63) is 99.5 Å². The monoisotopic (exact) mass is 1710 g/mol. The SMILES string of the molecule is C=C(O)[C@H]1O[C@@H](Oc2cc3c(c4c(C)csc24)[C@H](CCl)CN3C(=O)CCCC(=O)N2C[C@@H](CCl)c3c2cc(OC(=O)N(C)CCN(C)C(=O)OCc2ccc(NC(=O)[C@H](CCCNC(N)=O)CC(=O)[C@@H](NC(=O)CCOCCOCCOCCOCCOCCOCCN4C(=O)C=CC4=O)C(C)C)cc2)c2scc(C)c32)[C@H](O)[C@@H](O)[C@@H]1O. The predicted molar refractivity (Wildman–Crippen MR) is 436 cm³/mol. The molecule has 1 fully saturated rings. The van der Waals surface area contributed by atoms with Gasteiger partial charge in [-0.1, -0.05) is 32.6 Å². The predicted octanol–water partition coefficient (Wildman–Crippen LogP) is 7.42. The van der Waals surface area contributed by atoms with E-state index in [1.807, 2.05) is 24.6 Å². The van der Waals surface area contributed by atoms with Gasteiger partial charge in [0.2, 0.25) is 29.9 Å². The molecular weight excluding hydrogens is 1610 g/mol. The molecule has 1 saturated heterocycles. The molecule has 0 unspecified atom stereocenters. The number of hydrogen-bond donors (Lipinski definition) is 8. The summed E-state index contributed by atoms with van der Waals surface area (Å²) in [5, 5.41) is 55.8. The van der Waals surface area contributed by atoms with Crippen LogP contribution >= 0.6 is 45.9 Å². The van der Waals surface area contributed by atoms with Crippen LogP contribution in [-0.4, -0.2) is 276 Å². The van der Waals surface area contributed by atoms with Gasteiger partial charge in [0.25, 0.3) is 11.8 Å². The first-order chi connectivity index (χ1) is 56.1. The number of halogens is 2. The number of ether oxygens (including phenoxy) is 10.